The van der Waals surface area contributed by atoms with Crippen LogP contribution in [0.2, 0.25) is 0 Å². The van der Waals surface area contributed by atoms with Crippen LogP contribution in [0.15, 0.2) is 0 Å². The Morgan fingerprint density at radius 2 is 2.06 bits per heavy atom. The first-order valence-electron chi connectivity index (χ1n) is 6.60. The number of carboxylic acids is 1. The third-order valence-corrected chi connectivity index (χ3v) is 3.69. The standard InChI is InChI=1S/C13H24N2O3/c1-13(2,7-8-14)6-5-11(16)15-9-3-4-10(15)12(17)18/h10H,3-9,14H2,1-2H3,(H,17,18)/t10-/m0/s1. The van der Waals surface area contributed by atoms with Gasteiger partial charge in [-0.05, 0) is 37.6 Å². The molecule has 0 radical (unpaired) electrons. The summed E-state index contributed by atoms with van der Waals surface area (Å²) in [4.78, 5) is 24.6. The summed E-state index contributed by atoms with van der Waals surface area (Å²) in [6.45, 7) is 5.37. The number of carbonyl (C=O) groups is 2. The lowest BCUT2D eigenvalue weighted by atomic mass is 9.84. The molecule has 1 saturated heterocycles. The van der Waals surface area contributed by atoms with Crippen LogP contribution in [0.4, 0.5) is 0 Å². The molecule has 1 aliphatic heterocycles. The molecule has 1 amide bonds. The first-order valence-corrected chi connectivity index (χ1v) is 6.60. The molecule has 0 saturated carbocycles. The van der Waals surface area contributed by atoms with Gasteiger partial charge >= 0.3 is 5.97 Å². The van der Waals surface area contributed by atoms with E-state index in [-0.39, 0.29) is 11.3 Å². The van der Waals surface area contributed by atoms with Gasteiger partial charge < -0.3 is 15.7 Å². The maximum atomic E-state index is 12.0. The SMILES string of the molecule is CC(C)(CCN)CCC(=O)N1CCC[C@H]1C(=O)O. The molecule has 104 valence electrons. The summed E-state index contributed by atoms with van der Waals surface area (Å²) in [6, 6.07) is -0.616. The summed E-state index contributed by atoms with van der Waals surface area (Å²) in [7, 11) is 0. The Balaban J connectivity index is 2.48. The van der Waals surface area contributed by atoms with Crippen molar-refractivity contribution in [1.29, 1.82) is 0 Å². The molecule has 0 spiro atoms. The van der Waals surface area contributed by atoms with E-state index in [9.17, 15) is 9.59 Å². The van der Waals surface area contributed by atoms with Crippen molar-refractivity contribution in [2.45, 2.75) is 52.0 Å². The largest absolute Gasteiger partial charge is 0.480 e. The summed E-state index contributed by atoms with van der Waals surface area (Å²) < 4.78 is 0. The highest BCUT2D eigenvalue weighted by Crippen LogP contribution is 2.27. The van der Waals surface area contributed by atoms with E-state index >= 15 is 0 Å². The molecule has 5 heteroatoms. The van der Waals surface area contributed by atoms with Crippen LogP contribution in [-0.2, 0) is 9.59 Å². The minimum atomic E-state index is -0.887. The van der Waals surface area contributed by atoms with Gasteiger partial charge in [0.15, 0.2) is 0 Å². The lowest BCUT2D eigenvalue weighted by Gasteiger charge is -2.26. The van der Waals surface area contributed by atoms with Crippen molar-refractivity contribution in [3.63, 3.8) is 0 Å². The van der Waals surface area contributed by atoms with Crippen LogP contribution in [0.3, 0.4) is 0 Å². The van der Waals surface area contributed by atoms with E-state index in [2.05, 4.69) is 13.8 Å². The lowest BCUT2D eigenvalue weighted by Crippen LogP contribution is -2.40. The van der Waals surface area contributed by atoms with Gasteiger partial charge in [-0.25, -0.2) is 4.79 Å². The monoisotopic (exact) mass is 256 g/mol. The van der Waals surface area contributed by atoms with E-state index in [0.717, 1.165) is 19.3 Å². The maximum Gasteiger partial charge on any atom is 0.326 e. The molecule has 1 rings (SSSR count). The van der Waals surface area contributed by atoms with E-state index in [4.69, 9.17) is 10.8 Å². The van der Waals surface area contributed by atoms with E-state index in [0.29, 0.717) is 25.9 Å². The third-order valence-electron chi connectivity index (χ3n) is 3.69. The highest BCUT2D eigenvalue weighted by Gasteiger charge is 2.34. The van der Waals surface area contributed by atoms with Crippen molar-refractivity contribution in [1.82, 2.24) is 4.90 Å². The summed E-state index contributed by atoms with van der Waals surface area (Å²) in [5, 5.41) is 9.03. The summed E-state index contributed by atoms with van der Waals surface area (Å²) in [5.41, 5.74) is 5.58. The molecule has 0 aromatic rings. The van der Waals surface area contributed by atoms with E-state index in [1.165, 1.54) is 4.90 Å². The zero-order valence-electron chi connectivity index (χ0n) is 11.3. The van der Waals surface area contributed by atoms with Crippen LogP contribution < -0.4 is 5.73 Å². The molecular formula is C13H24N2O3. The molecule has 1 atom stereocenters. The van der Waals surface area contributed by atoms with Crippen LogP contribution >= 0.6 is 0 Å². The predicted octanol–water partition coefficient (Wildman–Crippen LogP) is 1.22. The van der Waals surface area contributed by atoms with Crippen LogP contribution in [0.5, 0.6) is 0 Å². The Hall–Kier alpha value is -1.10. The van der Waals surface area contributed by atoms with Gasteiger partial charge in [0.05, 0.1) is 0 Å². The lowest BCUT2D eigenvalue weighted by molar-refractivity contribution is -0.148. The molecule has 0 aromatic carbocycles. The zero-order chi connectivity index (χ0) is 13.8. The molecule has 0 aromatic heterocycles. The second-order valence-corrected chi connectivity index (χ2v) is 5.79. The van der Waals surface area contributed by atoms with Gasteiger partial charge in [-0.1, -0.05) is 13.8 Å². The Morgan fingerprint density at radius 3 is 2.61 bits per heavy atom. The molecule has 3 N–H and O–H groups in total. The Morgan fingerprint density at radius 1 is 1.39 bits per heavy atom. The van der Waals surface area contributed by atoms with E-state index < -0.39 is 12.0 Å². The van der Waals surface area contributed by atoms with Crippen molar-refractivity contribution in [2.24, 2.45) is 11.1 Å². The number of likely N-dealkylation sites (tertiary alicyclic amines) is 1. The quantitative estimate of drug-likeness (QED) is 0.748. The number of nitrogens with two attached hydrogens (primary N) is 1. The van der Waals surface area contributed by atoms with Crippen molar-refractivity contribution < 1.29 is 14.7 Å². The third kappa shape index (κ3) is 3.98. The van der Waals surface area contributed by atoms with Gasteiger partial charge in [0.2, 0.25) is 5.91 Å². The average molecular weight is 256 g/mol. The summed E-state index contributed by atoms with van der Waals surface area (Å²) in [6.07, 6.45) is 3.41. The van der Waals surface area contributed by atoms with Gasteiger partial charge in [0, 0.05) is 13.0 Å². The number of carbonyl (C=O) groups excluding carboxylic acids is 1. The fraction of sp³-hybridized carbons (Fsp3) is 0.846. The van der Waals surface area contributed by atoms with Crippen LogP contribution in [0.25, 0.3) is 0 Å². The van der Waals surface area contributed by atoms with E-state index in [1.807, 2.05) is 0 Å². The fourth-order valence-corrected chi connectivity index (χ4v) is 2.43. The van der Waals surface area contributed by atoms with E-state index in [1.54, 1.807) is 0 Å². The van der Waals surface area contributed by atoms with Gasteiger partial charge in [-0.15, -0.1) is 0 Å². The molecular weight excluding hydrogens is 232 g/mol. The van der Waals surface area contributed by atoms with Gasteiger partial charge in [-0.2, -0.15) is 0 Å². The Bertz CT molecular complexity index is 315. The van der Waals surface area contributed by atoms with Crippen molar-refractivity contribution in [2.75, 3.05) is 13.1 Å². The van der Waals surface area contributed by atoms with Gasteiger partial charge in [-0.3, -0.25) is 4.79 Å². The zero-order valence-corrected chi connectivity index (χ0v) is 11.3. The molecule has 0 aliphatic carbocycles. The topological polar surface area (TPSA) is 83.6 Å². The summed E-state index contributed by atoms with van der Waals surface area (Å²) >= 11 is 0. The van der Waals surface area contributed by atoms with Crippen molar-refractivity contribution in [3.05, 3.63) is 0 Å². The smallest absolute Gasteiger partial charge is 0.326 e. The van der Waals surface area contributed by atoms with Crippen LogP contribution in [0.1, 0.15) is 46.0 Å². The highest BCUT2D eigenvalue weighted by atomic mass is 16.4. The molecule has 5 nitrogen and oxygen atoms in total. The number of aliphatic carboxylic acids is 1. The number of hydrogen-bond acceptors (Lipinski definition) is 3. The van der Waals surface area contributed by atoms with Crippen molar-refractivity contribution >= 4 is 11.9 Å². The molecule has 1 aliphatic rings. The Labute approximate surface area is 108 Å². The number of rotatable bonds is 6. The number of hydrogen-bond donors (Lipinski definition) is 2. The molecule has 1 heterocycles. The maximum absolute atomic E-state index is 12.0. The predicted molar refractivity (Wildman–Crippen MR) is 69.1 cm³/mol. The second-order valence-electron chi connectivity index (χ2n) is 5.79. The highest BCUT2D eigenvalue weighted by molar-refractivity contribution is 5.84. The summed E-state index contributed by atoms with van der Waals surface area (Å²) in [5.74, 6) is -0.924. The van der Waals surface area contributed by atoms with Crippen LogP contribution in [0, 0.1) is 5.41 Å². The molecule has 0 bridgehead atoms. The molecule has 18 heavy (non-hydrogen) atoms. The minimum Gasteiger partial charge on any atom is -0.480 e. The first kappa shape index (κ1) is 15.0. The van der Waals surface area contributed by atoms with Gasteiger partial charge in [0.1, 0.15) is 6.04 Å². The first-order chi connectivity index (χ1) is 8.37. The normalized spacial score (nSPS) is 20.2. The second kappa shape index (κ2) is 6.18. The van der Waals surface area contributed by atoms with Crippen molar-refractivity contribution in [3.8, 4) is 0 Å². The molecule has 1 fully saturated rings. The number of nitrogens with zero attached hydrogens (tertiary/aromatic N) is 1. The van der Waals surface area contributed by atoms with Gasteiger partial charge in [0.25, 0.3) is 0 Å². The minimum absolute atomic E-state index is 0.0370. The number of amides is 1. The molecule has 0 unspecified atom stereocenters. The average Bonchev–Trinajstić information content (AvgIpc) is 2.74. The number of carboxylic acid groups (broad SMARTS) is 1. The Kier molecular flexibility index (Phi) is 5.14. The van der Waals surface area contributed by atoms with Crippen LogP contribution in [-0.4, -0.2) is 41.0 Å². The fourth-order valence-electron chi connectivity index (χ4n) is 2.43.